The summed E-state index contributed by atoms with van der Waals surface area (Å²) in [6, 6.07) is 3.19. The van der Waals surface area contributed by atoms with Gasteiger partial charge in [0.05, 0.1) is 5.56 Å². The molecule has 0 spiro atoms. The van der Waals surface area contributed by atoms with E-state index in [4.69, 9.17) is 0 Å². The Balaban J connectivity index is 2.35. The van der Waals surface area contributed by atoms with Gasteiger partial charge in [-0.2, -0.15) is 13.2 Å². The maximum absolute atomic E-state index is 13.8. The molecule has 1 atom stereocenters. The van der Waals surface area contributed by atoms with Crippen LogP contribution in [0.4, 0.5) is 17.6 Å². The van der Waals surface area contributed by atoms with E-state index < -0.39 is 17.6 Å². The average molecular weight is 303 g/mol. The lowest BCUT2D eigenvalue weighted by Gasteiger charge is -2.35. The number of hydrogen-bond donors (Lipinski definition) is 1. The molecule has 1 N–H and O–H groups in total. The van der Waals surface area contributed by atoms with Gasteiger partial charge in [-0.3, -0.25) is 0 Å². The predicted octanol–water partition coefficient (Wildman–Crippen LogP) is 5.08. The fourth-order valence-electron chi connectivity index (χ4n) is 3.38. The Bertz CT molecular complexity index is 490. The van der Waals surface area contributed by atoms with Crippen LogP contribution in [-0.4, -0.2) is 6.54 Å². The Kier molecular flexibility index (Phi) is 4.61. The van der Waals surface area contributed by atoms with Gasteiger partial charge in [-0.05, 0) is 42.5 Å². The van der Waals surface area contributed by atoms with Gasteiger partial charge >= 0.3 is 6.18 Å². The van der Waals surface area contributed by atoms with Crippen molar-refractivity contribution in [1.29, 1.82) is 0 Å². The number of halogens is 4. The molecule has 5 heteroatoms. The minimum absolute atomic E-state index is 0.0256. The number of hydrogen-bond acceptors (Lipinski definition) is 1. The van der Waals surface area contributed by atoms with E-state index in [-0.39, 0.29) is 11.5 Å². The van der Waals surface area contributed by atoms with E-state index in [1.807, 2.05) is 6.92 Å². The van der Waals surface area contributed by atoms with Crippen LogP contribution in [0.3, 0.4) is 0 Å². The van der Waals surface area contributed by atoms with E-state index in [1.54, 1.807) is 0 Å². The van der Waals surface area contributed by atoms with Gasteiger partial charge in [0.2, 0.25) is 0 Å². The van der Waals surface area contributed by atoms with E-state index in [0.717, 1.165) is 37.8 Å². The summed E-state index contributed by atoms with van der Waals surface area (Å²) in [7, 11) is 0. The first-order valence-corrected chi connectivity index (χ1v) is 7.38. The topological polar surface area (TPSA) is 12.0 Å². The molecule has 1 unspecified atom stereocenters. The molecule has 1 aromatic rings. The molecule has 0 heterocycles. The van der Waals surface area contributed by atoms with Gasteiger partial charge in [0.1, 0.15) is 5.82 Å². The highest BCUT2D eigenvalue weighted by Gasteiger charge is 2.39. The van der Waals surface area contributed by atoms with E-state index in [9.17, 15) is 17.6 Å². The second kappa shape index (κ2) is 5.95. The number of rotatable bonds is 4. The maximum atomic E-state index is 13.8. The van der Waals surface area contributed by atoms with E-state index in [1.165, 1.54) is 6.07 Å². The minimum atomic E-state index is -4.65. The van der Waals surface area contributed by atoms with Crippen LogP contribution in [0.25, 0.3) is 0 Å². The summed E-state index contributed by atoms with van der Waals surface area (Å²) in [4.78, 5) is 0. The molecule has 2 rings (SSSR count). The zero-order chi connectivity index (χ0) is 15.7. The third kappa shape index (κ3) is 3.39. The van der Waals surface area contributed by atoms with Crippen molar-refractivity contribution in [2.75, 3.05) is 6.54 Å². The zero-order valence-corrected chi connectivity index (χ0v) is 12.4. The molecule has 118 valence electrons. The van der Waals surface area contributed by atoms with Crippen molar-refractivity contribution < 1.29 is 17.6 Å². The Morgan fingerprint density at radius 1 is 1.24 bits per heavy atom. The molecule has 1 aliphatic carbocycles. The highest BCUT2D eigenvalue weighted by atomic mass is 19.4. The zero-order valence-electron chi connectivity index (χ0n) is 12.4. The molecule has 0 amide bonds. The SMILES string of the molecule is CCNC(c1ccc(C(F)(F)F)c(F)c1)C1(C)CCCC1. The molecule has 1 aromatic carbocycles. The molecule has 21 heavy (non-hydrogen) atoms. The highest BCUT2D eigenvalue weighted by molar-refractivity contribution is 5.30. The molecule has 0 bridgehead atoms. The normalized spacial score (nSPS) is 19.7. The van der Waals surface area contributed by atoms with Gasteiger partial charge in [-0.15, -0.1) is 0 Å². The average Bonchev–Trinajstić information content (AvgIpc) is 2.82. The molecule has 0 saturated heterocycles. The van der Waals surface area contributed by atoms with Crippen LogP contribution < -0.4 is 5.32 Å². The summed E-state index contributed by atoms with van der Waals surface area (Å²) in [5, 5.41) is 3.32. The van der Waals surface area contributed by atoms with Crippen LogP contribution in [0.5, 0.6) is 0 Å². The predicted molar refractivity (Wildman–Crippen MR) is 74.4 cm³/mol. The molecule has 1 nitrogen and oxygen atoms in total. The summed E-state index contributed by atoms with van der Waals surface area (Å²) >= 11 is 0. The van der Waals surface area contributed by atoms with Crippen LogP contribution in [0.15, 0.2) is 18.2 Å². The van der Waals surface area contributed by atoms with Crippen molar-refractivity contribution in [1.82, 2.24) is 5.32 Å². The van der Waals surface area contributed by atoms with Crippen LogP contribution >= 0.6 is 0 Å². The van der Waals surface area contributed by atoms with Crippen LogP contribution in [0.1, 0.15) is 56.7 Å². The highest BCUT2D eigenvalue weighted by Crippen LogP contribution is 2.47. The van der Waals surface area contributed by atoms with E-state index in [0.29, 0.717) is 12.1 Å². The van der Waals surface area contributed by atoms with Crippen molar-refractivity contribution in [2.24, 2.45) is 5.41 Å². The van der Waals surface area contributed by atoms with E-state index in [2.05, 4.69) is 12.2 Å². The molecule has 0 aliphatic heterocycles. The quantitative estimate of drug-likeness (QED) is 0.765. The monoisotopic (exact) mass is 303 g/mol. The van der Waals surface area contributed by atoms with Crippen molar-refractivity contribution in [2.45, 2.75) is 51.7 Å². The fraction of sp³-hybridized carbons (Fsp3) is 0.625. The summed E-state index contributed by atoms with van der Waals surface area (Å²) in [6.07, 6.45) is -0.406. The molecule has 1 fully saturated rings. The molecule has 1 aliphatic rings. The van der Waals surface area contributed by atoms with Crippen molar-refractivity contribution in [3.63, 3.8) is 0 Å². The van der Waals surface area contributed by atoms with Gasteiger partial charge in [0, 0.05) is 6.04 Å². The second-order valence-corrected chi connectivity index (χ2v) is 6.09. The van der Waals surface area contributed by atoms with Gasteiger partial charge in [-0.1, -0.05) is 32.8 Å². The lowest BCUT2D eigenvalue weighted by Crippen LogP contribution is -2.34. The minimum Gasteiger partial charge on any atom is -0.310 e. The van der Waals surface area contributed by atoms with Gasteiger partial charge in [0.25, 0.3) is 0 Å². The molecular weight excluding hydrogens is 282 g/mol. The van der Waals surface area contributed by atoms with Crippen molar-refractivity contribution >= 4 is 0 Å². The van der Waals surface area contributed by atoms with E-state index >= 15 is 0 Å². The lowest BCUT2D eigenvalue weighted by molar-refractivity contribution is -0.140. The van der Waals surface area contributed by atoms with Gasteiger partial charge < -0.3 is 5.32 Å². The van der Waals surface area contributed by atoms with Gasteiger partial charge in [-0.25, -0.2) is 4.39 Å². The first-order chi connectivity index (χ1) is 9.78. The summed E-state index contributed by atoms with van der Waals surface area (Å²) in [6.45, 7) is 4.78. The number of nitrogens with one attached hydrogen (secondary N) is 1. The van der Waals surface area contributed by atoms with Crippen LogP contribution in [0, 0.1) is 11.2 Å². The largest absolute Gasteiger partial charge is 0.419 e. The van der Waals surface area contributed by atoms with Crippen molar-refractivity contribution in [3.05, 3.63) is 35.1 Å². The molecule has 0 radical (unpaired) electrons. The molecule has 1 saturated carbocycles. The number of benzene rings is 1. The first-order valence-electron chi connectivity index (χ1n) is 7.38. The lowest BCUT2D eigenvalue weighted by atomic mass is 9.77. The third-order valence-corrected chi connectivity index (χ3v) is 4.48. The molecule has 0 aromatic heterocycles. The Hall–Kier alpha value is -1.10. The Labute approximate surface area is 122 Å². The fourth-order valence-corrected chi connectivity index (χ4v) is 3.38. The maximum Gasteiger partial charge on any atom is 0.419 e. The smallest absolute Gasteiger partial charge is 0.310 e. The standard InChI is InChI=1S/C16H21F4N/c1-3-21-14(15(2)8-4-5-9-15)11-6-7-12(13(17)10-11)16(18,19)20/h6-7,10,14,21H,3-5,8-9H2,1-2H3. The summed E-state index contributed by atoms with van der Waals surface area (Å²) < 4.78 is 51.8. The Morgan fingerprint density at radius 2 is 1.86 bits per heavy atom. The number of alkyl halides is 3. The third-order valence-electron chi connectivity index (χ3n) is 4.48. The Morgan fingerprint density at radius 3 is 2.33 bits per heavy atom. The first kappa shape index (κ1) is 16.3. The van der Waals surface area contributed by atoms with Gasteiger partial charge in [0.15, 0.2) is 0 Å². The summed E-state index contributed by atoms with van der Waals surface area (Å²) in [5.41, 5.74) is -0.618. The van der Waals surface area contributed by atoms with Crippen LogP contribution in [0.2, 0.25) is 0 Å². The van der Waals surface area contributed by atoms with Crippen LogP contribution in [-0.2, 0) is 6.18 Å². The summed E-state index contributed by atoms with van der Waals surface area (Å²) in [5.74, 6) is -1.19. The second-order valence-electron chi connectivity index (χ2n) is 6.09. The van der Waals surface area contributed by atoms with Crippen molar-refractivity contribution in [3.8, 4) is 0 Å². The molecular formula is C16H21F4N.